The molecule has 0 bridgehead atoms. The molecule has 2 N–H and O–H groups in total. The number of amides is 1. The zero-order valence-corrected chi connectivity index (χ0v) is 51.2. The maximum atomic E-state index is 13.0. The van der Waals surface area contributed by atoms with E-state index in [2.05, 4.69) is 31.3 Å². The van der Waals surface area contributed by atoms with Gasteiger partial charge in [0, 0.05) is 6.42 Å². The zero-order valence-electron chi connectivity index (χ0n) is 50.3. The van der Waals surface area contributed by atoms with Crippen LogP contribution in [0.5, 0.6) is 0 Å². The number of allylic oxidation sites excluding steroid dienone is 3. The van der Waals surface area contributed by atoms with Crippen LogP contribution in [0.2, 0.25) is 0 Å². The smallest absolute Gasteiger partial charge is 0.268 e. The number of hydrogen-bond acceptors (Lipinski definition) is 6. The van der Waals surface area contributed by atoms with Crippen LogP contribution in [0.25, 0.3) is 0 Å². The molecule has 0 saturated carbocycles. The molecule has 0 radical (unpaired) electrons. The fraction of sp³-hybridized carbons (Fsp3) is 0.923. The Labute approximate surface area is 462 Å². The number of nitrogens with one attached hydrogen (secondary N) is 1. The molecule has 0 heterocycles. The molecule has 0 aliphatic heterocycles. The first-order valence-electron chi connectivity index (χ1n) is 32.7. The van der Waals surface area contributed by atoms with Crippen LogP contribution < -0.4 is 10.2 Å². The van der Waals surface area contributed by atoms with Gasteiger partial charge < -0.3 is 28.8 Å². The Balaban J connectivity index is 3.91. The molecule has 74 heavy (non-hydrogen) atoms. The van der Waals surface area contributed by atoms with Crippen molar-refractivity contribution in [2.45, 2.75) is 347 Å². The molecule has 0 spiro atoms. The fourth-order valence-electron chi connectivity index (χ4n) is 10.1. The lowest BCUT2D eigenvalue weighted by atomic mass is 10.0. The van der Waals surface area contributed by atoms with Crippen molar-refractivity contribution >= 4 is 13.7 Å². The van der Waals surface area contributed by atoms with Crippen molar-refractivity contribution in [2.24, 2.45) is 0 Å². The number of aliphatic hydroxyl groups is 1. The first-order valence-corrected chi connectivity index (χ1v) is 34.2. The van der Waals surface area contributed by atoms with E-state index >= 15 is 0 Å². The summed E-state index contributed by atoms with van der Waals surface area (Å²) in [7, 11) is 1.26. The molecular formula is C65H129N2O6P. The molecule has 1 amide bonds. The second-order valence-corrected chi connectivity index (χ2v) is 25.2. The monoisotopic (exact) mass is 1060 g/mol. The number of unbranched alkanes of at least 4 members (excludes halogenated alkanes) is 46. The van der Waals surface area contributed by atoms with E-state index in [-0.39, 0.29) is 19.1 Å². The molecule has 0 aromatic heterocycles. The number of carbonyl (C=O) groups excluding carboxylic acids is 1. The number of hydrogen-bond donors (Lipinski definition) is 2. The lowest BCUT2D eigenvalue weighted by Crippen LogP contribution is -2.45. The van der Waals surface area contributed by atoms with Crippen LogP contribution in [0.15, 0.2) is 24.3 Å². The predicted octanol–water partition coefficient (Wildman–Crippen LogP) is 19.7. The number of likely N-dealkylation sites (N-methyl/N-ethyl adjacent to an activating group) is 1. The molecule has 440 valence electrons. The quantitative estimate of drug-likeness (QED) is 0.0272. The molecule has 3 atom stereocenters. The Morgan fingerprint density at radius 3 is 1.09 bits per heavy atom. The molecule has 0 saturated heterocycles. The number of carbonyl (C=O) groups is 1. The number of aliphatic hydroxyl groups excluding tert-OH is 1. The minimum Gasteiger partial charge on any atom is -0.756 e. The summed E-state index contributed by atoms with van der Waals surface area (Å²) in [6, 6.07) is -0.900. The second kappa shape index (κ2) is 56.7. The van der Waals surface area contributed by atoms with Crippen LogP contribution in [0.1, 0.15) is 335 Å². The highest BCUT2D eigenvalue weighted by atomic mass is 31.2. The largest absolute Gasteiger partial charge is 0.756 e. The average Bonchev–Trinajstić information content (AvgIpc) is 3.36. The molecule has 0 fully saturated rings. The van der Waals surface area contributed by atoms with Gasteiger partial charge in [0.25, 0.3) is 7.82 Å². The Kier molecular flexibility index (Phi) is 55.9. The molecule has 0 aliphatic rings. The topological polar surface area (TPSA) is 108 Å². The van der Waals surface area contributed by atoms with Crippen molar-refractivity contribution in [1.82, 2.24) is 5.32 Å². The van der Waals surface area contributed by atoms with Crippen molar-refractivity contribution in [1.29, 1.82) is 0 Å². The van der Waals surface area contributed by atoms with E-state index in [0.717, 1.165) is 38.5 Å². The SMILES string of the molecule is CCCCCCCCCCC/C=C/CC/C=C/C(O)C(COP(=O)([O-])OCC[N+](C)(C)C)NC(=O)CCCCCCCCCCCCCCCCCCCCCCCCCCCCCCCCCCCCCCC. The summed E-state index contributed by atoms with van der Waals surface area (Å²) in [5, 5.41) is 13.9. The van der Waals surface area contributed by atoms with Crippen LogP contribution in [0.3, 0.4) is 0 Å². The summed E-state index contributed by atoms with van der Waals surface area (Å²) in [5.74, 6) is -0.200. The summed E-state index contributed by atoms with van der Waals surface area (Å²) in [6.07, 6.45) is 73.1. The van der Waals surface area contributed by atoms with Gasteiger partial charge in [-0.25, -0.2) is 0 Å². The fourth-order valence-corrected chi connectivity index (χ4v) is 10.8. The van der Waals surface area contributed by atoms with Crippen molar-refractivity contribution in [2.75, 3.05) is 40.9 Å². The summed E-state index contributed by atoms with van der Waals surface area (Å²) in [6.45, 7) is 4.67. The van der Waals surface area contributed by atoms with Gasteiger partial charge in [0.05, 0.1) is 39.9 Å². The third-order valence-electron chi connectivity index (χ3n) is 15.2. The average molecular weight is 1070 g/mol. The molecule has 0 aliphatic carbocycles. The molecule has 8 nitrogen and oxygen atoms in total. The van der Waals surface area contributed by atoms with Gasteiger partial charge in [0.1, 0.15) is 13.2 Å². The third-order valence-corrected chi connectivity index (χ3v) is 16.1. The Morgan fingerprint density at radius 2 is 0.757 bits per heavy atom. The van der Waals surface area contributed by atoms with Crippen molar-refractivity contribution < 1.29 is 32.9 Å². The minimum absolute atomic E-state index is 0.00380. The molecular weight excluding hydrogens is 936 g/mol. The predicted molar refractivity (Wildman–Crippen MR) is 321 cm³/mol. The standard InChI is InChI=1S/C65H129N2O6P/c1-6-8-10-12-14-16-18-20-22-23-24-25-26-27-28-29-30-31-32-33-34-35-36-37-38-39-40-41-42-43-45-47-49-51-53-55-57-59-65(69)66-63(62-73-74(70,71)72-61-60-67(3,4)5)64(68)58-56-54-52-50-48-46-44-21-19-17-15-13-11-9-7-2/h48,50,56,58,63-64,68H,6-47,49,51-55,57,59-62H2,1-5H3,(H-,66,69,70,71)/b50-48+,58-56+. The number of phosphoric acid groups is 1. The Hall–Kier alpha value is -1.02. The van der Waals surface area contributed by atoms with Crippen molar-refractivity contribution in [3.8, 4) is 0 Å². The van der Waals surface area contributed by atoms with Gasteiger partial charge in [-0.05, 0) is 32.1 Å². The highest BCUT2D eigenvalue weighted by molar-refractivity contribution is 7.45. The van der Waals surface area contributed by atoms with E-state index < -0.39 is 20.0 Å². The van der Waals surface area contributed by atoms with Gasteiger partial charge in [-0.2, -0.15) is 0 Å². The first-order chi connectivity index (χ1) is 36.0. The van der Waals surface area contributed by atoms with Gasteiger partial charge in [-0.3, -0.25) is 9.36 Å². The molecule has 9 heteroatoms. The third kappa shape index (κ3) is 58.7. The van der Waals surface area contributed by atoms with E-state index in [1.54, 1.807) is 6.08 Å². The van der Waals surface area contributed by atoms with E-state index in [0.29, 0.717) is 17.4 Å². The number of phosphoric ester groups is 1. The minimum atomic E-state index is -4.60. The normalized spacial score (nSPS) is 13.9. The molecule has 0 aromatic rings. The summed E-state index contributed by atoms with van der Waals surface area (Å²) >= 11 is 0. The van der Waals surface area contributed by atoms with Gasteiger partial charge >= 0.3 is 0 Å². The van der Waals surface area contributed by atoms with E-state index in [4.69, 9.17) is 9.05 Å². The van der Waals surface area contributed by atoms with Crippen LogP contribution in [0.4, 0.5) is 0 Å². The summed E-state index contributed by atoms with van der Waals surface area (Å²) < 4.78 is 23.3. The van der Waals surface area contributed by atoms with Crippen molar-refractivity contribution in [3.05, 3.63) is 24.3 Å². The molecule has 3 unspecified atom stereocenters. The van der Waals surface area contributed by atoms with E-state index in [9.17, 15) is 19.4 Å². The van der Waals surface area contributed by atoms with Crippen LogP contribution in [-0.4, -0.2) is 68.5 Å². The van der Waals surface area contributed by atoms with Crippen molar-refractivity contribution in [3.63, 3.8) is 0 Å². The Bertz CT molecular complexity index is 1260. The highest BCUT2D eigenvalue weighted by Gasteiger charge is 2.23. The van der Waals surface area contributed by atoms with Gasteiger partial charge in [-0.15, -0.1) is 0 Å². The number of quaternary nitrogens is 1. The first kappa shape index (κ1) is 73.0. The summed E-state index contributed by atoms with van der Waals surface area (Å²) in [4.78, 5) is 25.5. The summed E-state index contributed by atoms with van der Waals surface area (Å²) in [5.41, 5.74) is 0. The molecule has 0 aromatic carbocycles. The van der Waals surface area contributed by atoms with Gasteiger partial charge in [-0.1, -0.05) is 321 Å². The maximum Gasteiger partial charge on any atom is 0.268 e. The zero-order chi connectivity index (χ0) is 54.2. The van der Waals surface area contributed by atoms with E-state index in [1.807, 2.05) is 27.2 Å². The Morgan fingerprint density at radius 1 is 0.459 bits per heavy atom. The lowest BCUT2D eigenvalue weighted by molar-refractivity contribution is -0.870. The maximum absolute atomic E-state index is 13.0. The van der Waals surface area contributed by atoms with Crippen LogP contribution in [-0.2, 0) is 18.4 Å². The van der Waals surface area contributed by atoms with E-state index in [1.165, 1.54) is 276 Å². The highest BCUT2D eigenvalue weighted by Crippen LogP contribution is 2.38. The molecule has 0 rings (SSSR count). The number of nitrogens with zero attached hydrogens (tertiary/aromatic N) is 1. The van der Waals surface area contributed by atoms with Gasteiger partial charge in [0.2, 0.25) is 5.91 Å². The lowest BCUT2D eigenvalue weighted by Gasteiger charge is -2.29. The van der Waals surface area contributed by atoms with Crippen LogP contribution >= 0.6 is 7.82 Å². The number of rotatable bonds is 61. The van der Waals surface area contributed by atoms with Crippen LogP contribution in [0, 0.1) is 0 Å². The van der Waals surface area contributed by atoms with Gasteiger partial charge in [0.15, 0.2) is 0 Å². The second-order valence-electron chi connectivity index (χ2n) is 23.8.